The van der Waals surface area contributed by atoms with Crippen LogP contribution < -0.4 is 14.2 Å². The lowest BCUT2D eigenvalue weighted by Crippen LogP contribution is -2.13. The highest BCUT2D eigenvalue weighted by Gasteiger charge is 2.19. The van der Waals surface area contributed by atoms with Gasteiger partial charge in [0, 0.05) is 34.7 Å². The van der Waals surface area contributed by atoms with Crippen LogP contribution in [0.1, 0.15) is 6.42 Å². The van der Waals surface area contributed by atoms with Crippen molar-refractivity contribution in [2.24, 2.45) is 0 Å². The molecule has 4 aromatic rings. The van der Waals surface area contributed by atoms with E-state index in [0.29, 0.717) is 30.4 Å². The normalized spacial score (nSPS) is 13.4. The van der Waals surface area contributed by atoms with Crippen LogP contribution in [0, 0.1) is 0 Å². The van der Waals surface area contributed by atoms with Crippen molar-refractivity contribution in [3.05, 3.63) is 78.2 Å². The molecule has 3 aromatic carbocycles. The summed E-state index contributed by atoms with van der Waals surface area (Å²) in [7, 11) is -3.77. The van der Waals surface area contributed by atoms with Crippen molar-refractivity contribution in [1.82, 2.24) is 4.98 Å². The van der Waals surface area contributed by atoms with E-state index in [-0.39, 0.29) is 4.90 Å². The fourth-order valence-electron chi connectivity index (χ4n) is 3.35. The van der Waals surface area contributed by atoms with E-state index in [1.807, 2.05) is 47.8 Å². The van der Waals surface area contributed by atoms with Gasteiger partial charge in [-0.1, -0.05) is 42.5 Å². The second kappa shape index (κ2) is 8.64. The lowest BCUT2D eigenvalue weighted by atomic mass is 10.1. The Hall–Kier alpha value is -3.36. The summed E-state index contributed by atoms with van der Waals surface area (Å²) in [6.07, 6.45) is 0.757. The number of anilines is 1. The van der Waals surface area contributed by atoms with E-state index in [1.165, 1.54) is 12.1 Å². The topological polar surface area (TPSA) is 77.5 Å². The first-order valence-corrected chi connectivity index (χ1v) is 12.5. The van der Waals surface area contributed by atoms with Crippen molar-refractivity contribution >= 4 is 27.0 Å². The maximum atomic E-state index is 12.9. The number of ether oxygens (including phenoxy) is 2. The molecule has 0 atom stereocenters. The minimum absolute atomic E-state index is 0.123. The van der Waals surface area contributed by atoms with Gasteiger partial charge in [0.05, 0.1) is 23.8 Å². The zero-order valence-electron chi connectivity index (χ0n) is 17.0. The Morgan fingerprint density at radius 1 is 0.844 bits per heavy atom. The second-order valence-corrected chi connectivity index (χ2v) is 9.79. The molecule has 32 heavy (non-hydrogen) atoms. The number of hydrogen-bond donors (Lipinski definition) is 1. The van der Waals surface area contributed by atoms with Crippen molar-refractivity contribution in [2.45, 2.75) is 11.3 Å². The van der Waals surface area contributed by atoms with Gasteiger partial charge in [-0.3, -0.25) is 4.72 Å². The molecule has 0 saturated heterocycles. The molecule has 1 aliphatic rings. The molecule has 1 aliphatic heterocycles. The highest BCUT2D eigenvalue weighted by atomic mass is 32.2. The van der Waals surface area contributed by atoms with Gasteiger partial charge in [-0.05, 0) is 24.3 Å². The van der Waals surface area contributed by atoms with E-state index in [4.69, 9.17) is 14.5 Å². The molecule has 0 fully saturated rings. The summed E-state index contributed by atoms with van der Waals surface area (Å²) < 4.78 is 39.5. The predicted octanol–water partition coefficient (Wildman–Crippen LogP) is 5.44. The molecular formula is C24H20N2O4S2. The van der Waals surface area contributed by atoms with Crippen LogP contribution in [0.2, 0.25) is 0 Å². The lowest BCUT2D eigenvalue weighted by Gasteiger charge is -2.12. The summed E-state index contributed by atoms with van der Waals surface area (Å²) in [5, 5.41) is 2.94. The van der Waals surface area contributed by atoms with E-state index in [2.05, 4.69) is 4.72 Å². The minimum Gasteiger partial charge on any atom is -0.490 e. The van der Waals surface area contributed by atoms with Crippen LogP contribution in [0.4, 0.5) is 5.69 Å². The summed E-state index contributed by atoms with van der Waals surface area (Å²) in [6.45, 7) is 1.05. The fourth-order valence-corrected chi connectivity index (χ4v) is 5.26. The van der Waals surface area contributed by atoms with Gasteiger partial charge in [-0.2, -0.15) is 0 Å². The third-order valence-electron chi connectivity index (χ3n) is 4.99. The molecule has 1 N–H and O–H groups in total. The molecule has 0 saturated carbocycles. The molecule has 0 radical (unpaired) electrons. The fraction of sp³-hybridized carbons (Fsp3) is 0.125. The van der Waals surface area contributed by atoms with Crippen LogP contribution in [0.15, 0.2) is 83.1 Å². The third kappa shape index (κ3) is 4.32. The molecular weight excluding hydrogens is 444 g/mol. The van der Waals surface area contributed by atoms with E-state index >= 15 is 0 Å². The number of nitrogens with zero attached hydrogens (tertiary/aromatic N) is 1. The molecule has 5 rings (SSSR count). The van der Waals surface area contributed by atoms with Crippen molar-refractivity contribution in [3.8, 4) is 33.3 Å². The highest BCUT2D eigenvalue weighted by Crippen LogP contribution is 2.33. The molecule has 0 aliphatic carbocycles. The monoisotopic (exact) mass is 464 g/mol. The van der Waals surface area contributed by atoms with Crippen LogP contribution in [0.3, 0.4) is 0 Å². The Kier molecular flexibility index (Phi) is 5.55. The molecule has 0 bridgehead atoms. The summed E-state index contributed by atoms with van der Waals surface area (Å²) in [4.78, 5) is 4.83. The Morgan fingerprint density at radius 2 is 1.59 bits per heavy atom. The molecule has 2 heterocycles. The van der Waals surface area contributed by atoms with Crippen LogP contribution in [-0.4, -0.2) is 26.6 Å². The summed E-state index contributed by atoms with van der Waals surface area (Å²) in [5.74, 6) is 1.00. The summed E-state index contributed by atoms with van der Waals surface area (Å²) in [6, 6.07) is 21.8. The Morgan fingerprint density at radius 3 is 2.38 bits per heavy atom. The number of hydrogen-bond acceptors (Lipinski definition) is 6. The van der Waals surface area contributed by atoms with Crippen LogP contribution in [0.5, 0.6) is 11.5 Å². The van der Waals surface area contributed by atoms with Crippen molar-refractivity contribution in [3.63, 3.8) is 0 Å². The number of aromatic nitrogens is 1. The van der Waals surface area contributed by atoms with Gasteiger partial charge in [0.2, 0.25) is 0 Å². The van der Waals surface area contributed by atoms with E-state index in [0.717, 1.165) is 28.2 Å². The molecule has 1 aromatic heterocycles. The molecule has 0 amide bonds. The molecule has 6 nitrogen and oxygen atoms in total. The zero-order chi connectivity index (χ0) is 22.0. The summed E-state index contributed by atoms with van der Waals surface area (Å²) in [5.41, 5.74) is 3.32. The molecule has 0 unspecified atom stereocenters. The van der Waals surface area contributed by atoms with Gasteiger partial charge in [-0.25, -0.2) is 13.4 Å². The lowest BCUT2D eigenvalue weighted by molar-refractivity contribution is 0.297. The number of benzene rings is 3. The molecule has 0 spiro atoms. The summed E-state index contributed by atoms with van der Waals surface area (Å²) >= 11 is 1.58. The number of thiazole rings is 1. The van der Waals surface area contributed by atoms with E-state index < -0.39 is 10.0 Å². The first-order chi connectivity index (χ1) is 15.6. The number of rotatable bonds is 5. The standard InChI is InChI=1S/C24H20N2O4S2/c27-32(28,20-11-12-22-23(15-20)30-14-4-13-29-22)26-19-9-7-17(8-10-19)21-16-31-24(25-21)18-5-2-1-3-6-18/h1-3,5-12,15-16,26H,4,13-14H2. The van der Waals surface area contributed by atoms with Gasteiger partial charge < -0.3 is 9.47 Å². The van der Waals surface area contributed by atoms with Crippen molar-refractivity contribution < 1.29 is 17.9 Å². The molecule has 8 heteroatoms. The number of sulfonamides is 1. The number of fused-ring (bicyclic) bond motifs is 1. The van der Waals surface area contributed by atoms with Gasteiger partial charge in [0.1, 0.15) is 5.01 Å². The predicted molar refractivity (Wildman–Crippen MR) is 126 cm³/mol. The van der Waals surface area contributed by atoms with Gasteiger partial charge >= 0.3 is 0 Å². The Balaban J connectivity index is 1.34. The second-order valence-electron chi connectivity index (χ2n) is 7.25. The van der Waals surface area contributed by atoms with Gasteiger partial charge in [0.25, 0.3) is 10.0 Å². The SMILES string of the molecule is O=S(=O)(Nc1ccc(-c2csc(-c3ccccc3)n2)cc1)c1ccc2c(c1)OCCCO2. The van der Waals surface area contributed by atoms with Crippen LogP contribution >= 0.6 is 11.3 Å². The largest absolute Gasteiger partial charge is 0.490 e. The first kappa shape index (κ1) is 20.5. The Labute approximate surface area is 190 Å². The van der Waals surface area contributed by atoms with Crippen LogP contribution in [-0.2, 0) is 10.0 Å². The maximum Gasteiger partial charge on any atom is 0.262 e. The quantitative estimate of drug-likeness (QED) is 0.426. The molecule has 162 valence electrons. The average Bonchev–Trinajstić information content (AvgIpc) is 3.19. The van der Waals surface area contributed by atoms with Gasteiger partial charge in [-0.15, -0.1) is 11.3 Å². The van der Waals surface area contributed by atoms with Gasteiger partial charge in [0.15, 0.2) is 11.5 Å². The highest BCUT2D eigenvalue weighted by molar-refractivity contribution is 7.92. The first-order valence-electron chi connectivity index (χ1n) is 10.1. The van der Waals surface area contributed by atoms with Crippen LogP contribution in [0.25, 0.3) is 21.8 Å². The Bertz CT molecular complexity index is 1330. The average molecular weight is 465 g/mol. The minimum atomic E-state index is -3.77. The zero-order valence-corrected chi connectivity index (χ0v) is 18.7. The van der Waals surface area contributed by atoms with Crippen molar-refractivity contribution in [1.29, 1.82) is 0 Å². The maximum absolute atomic E-state index is 12.9. The number of nitrogens with one attached hydrogen (secondary N) is 1. The van der Waals surface area contributed by atoms with E-state index in [9.17, 15) is 8.42 Å². The van der Waals surface area contributed by atoms with E-state index in [1.54, 1.807) is 29.5 Å². The smallest absolute Gasteiger partial charge is 0.262 e. The van der Waals surface area contributed by atoms with Crippen molar-refractivity contribution in [2.75, 3.05) is 17.9 Å². The third-order valence-corrected chi connectivity index (χ3v) is 7.26.